The van der Waals surface area contributed by atoms with Gasteiger partial charge in [0.05, 0.1) is 12.9 Å². The van der Waals surface area contributed by atoms with Gasteiger partial charge in [-0.15, -0.1) is 0 Å². The van der Waals surface area contributed by atoms with E-state index in [1.165, 1.54) is 6.33 Å². The van der Waals surface area contributed by atoms with E-state index >= 15 is 0 Å². The van der Waals surface area contributed by atoms with Crippen LogP contribution < -0.4 is 10.5 Å². The first-order valence-corrected chi connectivity index (χ1v) is 6.04. The number of nitrogens with one attached hydrogen (secondary N) is 1. The molecule has 6 nitrogen and oxygen atoms in total. The highest BCUT2D eigenvalue weighted by Gasteiger charge is 2.13. The van der Waals surface area contributed by atoms with Crippen molar-refractivity contribution in [2.75, 3.05) is 45.4 Å². The van der Waals surface area contributed by atoms with Crippen molar-refractivity contribution in [3.63, 3.8) is 0 Å². The molecule has 0 aromatic carbocycles. The largest absolute Gasteiger partial charge is 0.385 e. The van der Waals surface area contributed by atoms with Crippen molar-refractivity contribution in [1.29, 1.82) is 0 Å². The van der Waals surface area contributed by atoms with Gasteiger partial charge in [0.1, 0.15) is 5.02 Å². The normalized spacial score (nSPS) is 10.6. The van der Waals surface area contributed by atoms with Crippen LogP contribution in [0.1, 0.15) is 6.42 Å². The van der Waals surface area contributed by atoms with Gasteiger partial charge in [-0.3, -0.25) is 4.79 Å². The first-order valence-electron chi connectivity index (χ1n) is 5.66. The average molecular weight is 276 g/mol. The number of aromatic amines is 1. The standard InChI is InChI=1S/C11H18ClN3O3/c1-17-6-3-4-15(5-7-18-2)10-9(12)11(16)14-8-13-10/h8H,3-7H2,1-2H3,(H,13,14,16). The summed E-state index contributed by atoms with van der Waals surface area (Å²) in [7, 11) is 3.28. The minimum atomic E-state index is -0.337. The third-order valence-corrected chi connectivity index (χ3v) is 2.76. The lowest BCUT2D eigenvalue weighted by atomic mass is 10.3. The van der Waals surface area contributed by atoms with Crippen LogP contribution in [0.15, 0.2) is 11.1 Å². The van der Waals surface area contributed by atoms with Gasteiger partial charge in [0, 0.05) is 33.9 Å². The van der Waals surface area contributed by atoms with E-state index in [0.29, 0.717) is 32.1 Å². The molecule has 0 amide bonds. The molecule has 0 saturated heterocycles. The van der Waals surface area contributed by atoms with Crippen molar-refractivity contribution in [3.05, 3.63) is 21.7 Å². The van der Waals surface area contributed by atoms with Crippen molar-refractivity contribution in [3.8, 4) is 0 Å². The van der Waals surface area contributed by atoms with Crippen LogP contribution in [0.2, 0.25) is 5.02 Å². The summed E-state index contributed by atoms with van der Waals surface area (Å²) in [5.41, 5.74) is -0.337. The van der Waals surface area contributed by atoms with Crippen LogP contribution >= 0.6 is 11.6 Å². The first kappa shape index (κ1) is 14.9. The molecule has 0 bridgehead atoms. The van der Waals surface area contributed by atoms with E-state index in [4.69, 9.17) is 21.1 Å². The summed E-state index contributed by atoms with van der Waals surface area (Å²) in [5, 5.41) is 0.103. The molecule has 0 aliphatic heterocycles. The molecule has 1 heterocycles. The van der Waals surface area contributed by atoms with E-state index in [-0.39, 0.29) is 10.6 Å². The zero-order chi connectivity index (χ0) is 13.4. The zero-order valence-corrected chi connectivity index (χ0v) is 11.4. The lowest BCUT2D eigenvalue weighted by Crippen LogP contribution is -2.31. The summed E-state index contributed by atoms with van der Waals surface area (Å²) in [6, 6.07) is 0. The summed E-state index contributed by atoms with van der Waals surface area (Å²) >= 11 is 5.96. The highest BCUT2D eigenvalue weighted by atomic mass is 35.5. The predicted molar refractivity (Wildman–Crippen MR) is 70.4 cm³/mol. The Morgan fingerprint density at radius 3 is 2.72 bits per heavy atom. The number of methoxy groups -OCH3 is 2. The number of ether oxygens (including phenoxy) is 2. The van der Waals surface area contributed by atoms with Gasteiger partial charge in [-0.25, -0.2) is 4.98 Å². The molecule has 0 atom stereocenters. The smallest absolute Gasteiger partial charge is 0.271 e. The minimum Gasteiger partial charge on any atom is -0.385 e. The monoisotopic (exact) mass is 275 g/mol. The minimum absolute atomic E-state index is 0.103. The Bertz CT molecular complexity index is 411. The van der Waals surface area contributed by atoms with E-state index in [1.807, 2.05) is 4.90 Å². The van der Waals surface area contributed by atoms with Crippen molar-refractivity contribution < 1.29 is 9.47 Å². The number of aromatic nitrogens is 2. The van der Waals surface area contributed by atoms with Crippen molar-refractivity contribution in [2.24, 2.45) is 0 Å². The van der Waals surface area contributed by atoms with Gasteiger partial charge >= 0.3 is 0 Å². The van der Waals surface area contributed by atoms with E-state index < -0.39 is 0 Å². The van der Waals surface area contributed by atoms with Gasteiger partial charge in [0.2, 0.25) is 0 Å². The molecule has 7 heteroatoms. The lowest BCUT2D eigenvalue weighted by molar-refractivity contribution is 0.191. The van der Waals surface area contributed by atoms with E-state index in [0.717, 1.165) is 6.42 Å². The van der Waals surface area contributed by atoms with E-state index in [2.05, 4.69) is 9.97 Å². The Morgan fingerprint density at radius 1 is 1.33 bits per heavy atom. The molecule has 0 fully saturated rings. The van der Waals surface area contributed by atoms with Crippen LogP contribution in [-0.4, -0.2) is 50.5 Å². The van der Waals surface area contributed by atoms with E-state index in [9.17, 15) is 4.79 Å². The molecular formula is C11H18ClN3O3. The van der Waals surface area contributed by atoms with Gasteiger partial charge in [0.25, 0.3) is 5.56 Å². The molecule has 0 radical (unpaired) electrons. The van der Waals surface area contributed by atoms with Gasteiger partial charge in [-0.05, 0) is 6.42 Å². The van der Waals surface area contributed by atoms with Crippen LogP contribution in [0.25, 0.3) is 0 Å². The molecule has 0 aliphatic carbocycles. The van der Waals surface area contributed by atoms with Gasteiger partial charge in [0.15, 0.2) is 5.82 Å². The number of hydrogen-bond donors (Lipinski definition) is 1. The Kier molecular flexibility index (Phi) is 6.70. The molecule has 0 spiro atoms. The summed E-state index contributed by atoms with van der Waals surface area (Å²) in [6.07, 6.45) is 2.17. The molecule has 102 valence electrons. The third-order valence-electron chi connectivity index (χ3n) is 2.42. The summed E-state index contributed by atoms with van der Waals surface area (Å²) < 4.78 is 10.0. The number of hydrogen-bond acceptors (Lipinski definition) is 5. The molecule has 0 unspecified atom stereocenters. The first-order chi connectivity index (χ1) is 8.70. The lowest BCUT2D eigenvalue weighted by Gasteiger charge is -2.23. The predicted octanol–water partition coefficient (Wildman–Crippen LogP) is 0.913. The Hall–Kier alpha value is -1.11. The number of rotatable bonds is 8. The summed E-state index contributed by atoms with van der Waals surface area (Å²) in [6.45, 7) is 2.51. The average Bonchev–Trinajstić information content (AvgIpc) is 2.37. The summed E-state index contributed by atoms with van der Waals surface area (Å²) in [4.78, 5) is 19.9. The molecule has 1 rings (SSSR count). The van der Waals surface area contributed by atoms with Crippen LogP contribution in [0.4, 0.5) is 5.82 Å². The van der Waals surface area contributed by atoms with Gasteiger partial charge in [-0.2, -0.15) is 0 Å². The van der Waals surface area contributed by atoms with E-state index in [1.54, 1.807) is 14.2 Å². The number of nitrogens with zero attached hydrogens (tertiary/aromatic N) is 2. The van der Waals surface area contributed by atoms with Gasteiger partial charge < -0.3 is 19.4 Å². The fourth-order valence-electron chi connectivity index (χ4n) is 1.52. The molecule has 1 aromatic heterocycles. The molecule has 18 heavy (non-hydrogen) atoms. The Balaban J connectivity index is 2.79. The highest BCUT2D eigenvalue weighted by molar-refractivity contribution is 6.32. The van der Waals surface area contributed by atoms with Crippen LogP contribution in [-0.2, 0) is 9.47 Å². The van der Waals surface area contributed by atoms with Crippen LogP contribution in [0, 0.1) is 0 Å². The maximum atomic E-state index is 11.4. The van der Waals surface area contributed by atoms with Gasteiger partial charge in [-0.1, -0.05) is 11.6 Å². The molecule has 1 aromatic rings. The number of halogens is 1. The topological polar surface area (TPSA) is 67.5 Å². The quantitative estimate of drug-likeness (QED) is 0.715. The number of H-pyrrole nitrogens is 1. The SMILES string of the molecule is COCCCN(CCOC)c1nc[nH]c(=O)c1Cl. The Morgan fingerprint density at radius 2 is 2.06 bits per heavy atom. The second kappa shape index (κ2) is 8.07. The van der Waals surface area contributed by atoms with Crippen molar-refractivity contribution in [2.45, 2.75) is 6.42 Å². The third kappa shape index (κ3) is 4.29. The van der Waals surface area contributed by atoms with Crippen molar-refractivity contribution >= 4 is 17.4 Å². The molecule has 1 N–H and O–H groups in total. The second-order valence-corrected chi connectivity index (χ2v) is 4.07. The van der Waals surface area contributed by atoms with Crippen LogP contribution in [0.5, 0.6) is 0 Å². The fourth-order valence-corrected chi connectivity index (χ4v) is 1.74. The maximum Gasteiger partial charge on any atom is 0.271 e. The maximum absolute atomic E-state index is 11.4. The molecule has 0 aliphatic rings. The van der Waals surface area contributed by atoms with Crippen LogP contribution in [0.3, 0.4) is 0 Å². The van der Waals surface area contributed by atoms with Crippen molar-refractivity contribution in [1.82, 2.24) is 9.97 Å². The number of anilines is 1. The second-order valence-electron chi connectivity index (χ2n) is 3.70. The zero-order valence-electron chi connectivity index (χ0n) is 10.6. The summed E-state index contributed by atoms with van der Waals surface area (Å²) in [5.74, 6) is 0.480. The molecule has 0 saturated carbocycles. The Labute approximate surface area is 111 Å². The fraction of sp³-hybridized carbons (Fsp3) is 0.636. The molecular weight excluding hydrogens is 258 g/mol. The highest BCUT2D eigenvalue weighted by Crippen LogP contribution is 2.18.